The molecule has 1 N–H and O–H groups in total. The lowest BCUT2D eigenvalue weighted by Gasteiger charge is -2.09. The number of aromatic nitrogens is 1. The van der Waals surface area contributed by atoms with Crippen molar-refractivity contribution in [3.05, 3.63) is 59.8 Å². The van der Waals surface area contributed by atoms with E-state index in [1.54, 1.807) is 13.2 Å². The van der Waals surface area contributed by atoms with Crippen LogP contribution in [0.2, 0.25) is 0 Å². The molecule has 0 aliphatic carbocycles. The standard InChI is InChI=1S/C20H19NO3/c1-3-24-19-13-14(8-12-18(19)23-2)7-10-16-11-9-15-5-4-6-17(22)20(15)21-16/h4-13,22H,3H2,1-2H3. The Morgan fingerprint density at radius 2 is 1.92 bits per heavy atom. The predicted molar refractivity (Wildman–Crippen MR) is 96.5 cm³/mol. The lowest BCUT2D eigenvalue weighted by Crippen LogP contribution is -1.95. The Kier molecular flexibility index (Phi) is 4.66. The third-order valence-electron chi connectivity index (χ3n) is 3.65. The van der Waals surface area contributed by atoms with Gasteiger partial charge in [0.15, 0.2) is 11.5 Å². The van der Waals surface area contributed by atoms with Crippen molar-refractivity contribution in [2.24, 2.45) is 0 Å². The van der Waals surface area contributed by atoms with E-state index in [1.807, 2.05) is 61.5 Å². The molecule has 4 nitrogen and oxygen atoms in total. The summed E-state index contributed by atoms with van der Waals surface area (Å²) in [4.78, 5) is 4.49. The molecule has 2 aromatic carbocycles. The minimum atomic E-state index is 0.186. The number of phenols is 1. The number of hydrogen-bond acceptors (Lipinski definition) is 4. The molecule has 0 unspecified atom stereocenters. The molecule has 0 atom stereocenters. The van der Waals surface area contributed by atoms with Gasteiger partial charge < -0.3 is 14.6 Å². The number of methoxy groups -OCH3 is 1. The van der Waals surface area contributed by atoms with E-state index in [9.17, 15) is 5.11 Å². The Hall–Kier alpha value is -3.01. The van der Waals surface area contributed by atoms with Gasteiger partial charge in [-0.25, -0.2) is 4.98 Å². The van der Waals surface area contributed by atoms with Crippen molar-refractivity contribution in [2.75, 3.05) is 13.7 Å². The van der Waals surface area contributed by atoms with Crippen LogP contribution in [0.1, 0.15) is 18.2 Å². The van der Waals surface area contributed by atoms with Gasteiger partial charge in [-0.3, -0.25) is 0 Å². The monoisotopic (exact) mass is 321 g/mol. The van der Waals surface area contributed by atoms with E-state index in [4.69, 9.17) is 9.47 Å². The van der Waals surface area contributed by atoms with Crippen molar-refractivity contribution in [3.63, 3.8) is 0 Å². The SMILES string of the molecule is CCOc1cc(C=Cc2ccc3cccc(O)c3n2)ccc1OC. The van der Waals surface area contributed by atoms with Gasteiger partial charge in [0, 0.05) is 5.39 Å². The average Bonchev–Trinajstić information content (AvgIpc) is 2.61. The first-order chi connectivity index (χ1) is 11.7. The van der Waals surface area contributed by atoms with Gasteiger partial charge in [0.25, 0.3) is 0 Å². The Morgan fingerprint density at radius 3 is 2.71 bits per heavy atom. The number of ether oxygens (including phenoxy) is 2. The summed E-state index contributed by atoms with van der Waals surface area (Å²) in [5.41, 5.74) is 2.36. The zero-order chi connectivity index (χ0) is 16.9. The molecule has 0 fully saturated rings. The molecule has 0 aliphatic rings. The molecule has 3 rings (SSSR count). The van der Waals surface area contributed by atoms with Gasteiger partial charge in [-0.05, 0) is 42.8 Å². The zero-order valence-corrected chi connectivity index (χ0v) is 13.7. The zero-order valence-electron chi connectivity index (χ0n) is 13.7. The Morgan fingerprint density at radius 1 is 1.04 bits per heavy atom. The summed E-state index contributed by atoms with van der Waals surface area (Å²) >= 11 is 0. The number of benzene rings is 2. The first-order valence-electron chi connectivity index (χ1n) is 7.79. The van der Waals surface area contributed by atoms with Crippen LogP contribution in [0.25, 0.3) is 23.1 Å². The molecule has 0 saturated carbocycles. The van der Waals surface area contributed by atoms with E-state index in [0.29, 0.717) is 23.6 Å². The molecule has 0 radical (unpaired) electrons. The average molecular weight is 321 g/mol. The van der Waals surface area contributed by atoms with Crippen LogP contribution in [-0.2, 0) is 0 Å². The predicted octanol–water partition coefficient (Wildman–Crippen LogP) is 4.52. The summed E-state index contributed by atoms with van der Waals surface area (Å²) < 4.78 is 10.9. The largest absolute Gasteiger partial charge is 0.506 e. The molecule has 0 bridgehead atoms. The molecule has 122 valence electrons. The molecular weight excluding hydrogens is 302 g/mol. The highest BCUT2D eigenvalue weighted by atomic mass is 16.5. The van der Waals surface area contributed by atoms with Crippen molar-refractivity contribution in [3.8, 4) is 17.2 Å². The number of nitrogens with zero attached hydrogens (tertiary/aromatic N) is 1. The van der Waals surface area contributed by atoms with Crippen molar-refractivity contribution >= 4 is 23.1 Å². The summed E-state index contributed by atoms with van der Waals surface area (Å²) in [6.45, 7) is 2.52. The number of pyridine rings is 1. The van der Waals surface area contributed by atoms with Crippen molar-refractivity contribution in [2.45, 2.75) is 6.92 Å². The Bertz CT molecular complexity index is 887. The summed E-state index contributed by atoms with van der Waals surface area (Å²) in [5, 5.41) is 10.8. The normalized spacial score (nSPS) is 11.1. The van der Waals surface area contributed by atoms with Crippen molar-refractivity contribution in [1.82, 2.24) is 4.98 Å². The first-order valence-corrected chi connectivity index (χ1v) is 7.79. The van der Waals surface area contributed by atoms with Crippen LogP contribution in [0.15, 0.2) is 48.5 Å². The van der Waals surface area contributed by atoms with Gasteiger partial charge in [0.1, 0.15) is 11.3 Å². The molecule has 0 spiro atoms. The van der Waals surface area contributed by atoms with Crippen molar-refractivity contribution < 1.29 is 14.6 Å². The third-order valence-corrected chi connectivity index (χ3v) is 3.65. The smallest absolute Gasteiger partial charge is 0.161 e. The van der Waals surface area contributed by atoms with Crippen LogP contribution in [0.4, 0.5) is 0 Å². The molecule has 1 heterocycles. The fourth-order valence-electron chi connectivity index (χ4n) is 2.49. The van der Waals surface area contributed by atoms with Crippen LogP contribution < -0.4 is 9.47 Å². The van der Waals surface area contributed by atoms with Crippen LogP contribution >= 0.6 is 0 Å². The molecule has 1 aromatic heterocycles. The van der Waals surface area contributed by atoms with Gasteiger partial charge in [0.2, 0.25) is 0 Å². The van der Waals surface area contributed by atoms with Crippen LogP contribution in [-0.4, -0.2) is 23.8 Å². The van der Waals surface area contributed by atoms with Crippen molar-refractivity contribution in [1.29, 1.82) is 0 Å². The quantitative estimate of drug-likeness (QED) is 0.751. The summed E-state index contributed by atoms with van der Waals surface area (Å²) in [5.74, 6) is 1.61. The van der Waals surface area contributed by atoms with E-state index < -0.39 is 0 Å². The fraction of sp³-hybridized carbons (Fsp3) is 0.150. The lowest BCUT2D eigenvalue weighted by molar-refractivity contribution is 0.311. The minimum Gasteiger partial charge on any atom is -0.506 e. The second-order valence-corrected chi connectivity index (χ2v) is 5.26. The van der Waals surface area contributed by atoms with Crippen LogP contribution in [0, 0.1) is 0 Å². The molecule has 0 amide bonds. The molecular formula is C20H19NO3. The summed E-state index contributed by atoms with van der Waals surface area (Å²) in [6.07, 6.45) is 3.86. The van der Waals surface area contributed by atoms with Gasteiger partial charge in [-0.1, -0.05) is 30.3 Å². The topological polar surface area (TPSA) is 51.6 Å². The van der Waals surface area contributed by atoms with Gasteiger partial charge in [-0.15, -0.1) is 0 Å². The molecule has 4 heteroatoms. The van der Waals surface area contributed by atoms with E-state index in [-0.39, 0.29) is 5.75 Å². The number of rotatable bonds is 5. The second-order valence-electron chi connectivity index (χ2n) is 5.26. The van der Waals surface area contributed by atoms with Crippen LogP contribution in [0.3, 0.4) is 0 Å². The minimum absolute atomic E-state index is 0.186. The van der Waals surface area contributed by atoms with E-state index in [2.05, 4.69) is 4.98 Å². The van der Waals surface area contributed by atoms with Gasteiger partial charge in [0.05, 0.1) is 19.4 Å². The number of phenolic OH excluding ortho intramolecular Hbond substituents is 1. The number of fused-ring (bicyclic) bond motifs is 1. The summed E-state index contributed by atoms with van der Waals surface area (Å²) in [6, 6.07) is 15.0. The highest BCUT2D eigenvalue weighted by Crippen LogP contribution is 2.29. The Labute approximate surface area is 141 Å². The third kappa shape index (κ3) is 3.33. The molecule has 0 saturated heterocycles. The maximum atomic E-state index is 9.92. The van der Waals surface area contributed by atoms with E-state index >= 15 is 0 Å². The van der Waals surface area contributed by atoms with Crippen LogP contribution in [0.5, 0.6) is 17.2 Å². The Balaban J connectivity index is 1.90. The highest BCUT2D eigenvalue weighted by molar-refractivity contribution is 5.85. The molecule has 24 heavy (non-hydrogen) atoms. The van der Waals surface area contributed by atoms with E-state index in [1.165, 1.54) is 0 Å². The molecule has 3 aromatic rings. The second kappa shape index (κ2) is 7.04. The number of para-hydroxylation sites is 1. The summed E-state index contributed by atoms with van der Waals surface area (Å²) in [7, 11) is 1.62. The van der Waals surface area contributed by atoms with Gasteiger partial charge in [-0.2, -0.15) is 0 Å². The number of aromatic hydroxyl groups is 1. The lowest BCUT2D eigenvalue weighted by atomic mass is 10.1. The first kappa shape index (κ1) is 15.9. The molecule has 0 aliphatic heterocycles. The maximum absolute atomic E-state index is 9.92. The highest BCUT2D eigenvalue weighted by Gasteiger charge is 2.04. The fourth-order valence-corrected chi connectivity index (χ4v) is 2.49. The van der Waals surface area contributed by atoms with Gasteiger partial charge >= 0.3 is 0 Å². The number of hydrogen-bond donors (Lipinski definition) is 1. The maximum Gasteiger partial charge on any atom is 0.161 e. The van der Waals surface area contributed by atoms with E-state index in [0.717, 1.165) is 16.6 Å².